The Hall–Kier alpha value is -1.95. The van der Waals surface area contributed by atoms with E-state index in [4.69, 9.17) is 21.1 Å². The minimum absolute atomic E-state index is 0.118. The molecule has 3 rings (SSSR count). The van der Waals surface area contributed by atoms with Gasteiger partial charge in [-0.15, -0.1) is 0 Å². The minimum Gasteiger partial charge on any atom is -0.495 e. The van der Waals surface area contributed by atoms with Crippen LogP contribution in [0.25, 0.3) is 0 Å². The van der Waals surface area contributed by atoms with Gasteiger partial charge in [0.2, 0.25) is 11.8 Å². The molecule has 0 bridgehead atoms. The van der Waals surface area contributed by atoms with E-state index >= 15 is 0 Å². The molecule has 1 aliphatic carbocycles. The highest BCUT2D eigenvalue weighted by Gasteiger charge is 2.49. The number of nitrogens with zero attached hydrogens (tertiary/aromatic N) is 1. The van der Waals surface area contributed by atoms with Crippen molar-refractivity contribution in [2.45, 2.75) is 32.1 Å². The van der Waals surface area contributed by atoms with Gasteiger partial charge in [0.05, 0.1) is 36.8 Å². The summed E-state index contributed by atoms with van der Waals surface area (Å²) in [7, 11) is 3.02. The van der Waals surface area contributed by atoms with Crippen LogP contribution in [0.4, 0.5) is 5.69 Å². The SMILES string of the molecule is COc1cc(NC(=O)C2CC2C(=O)N2CCCCCC2)c(OC)cc1Cl. The van der Waals surface area contributed by atoms with Gasteiger partial charge in [0.1, 0.15) is 11.5 Å². The monoisotopic (exact) mass is 380 g/mol. The molecule has 1 aromatic carbocycles. The first kappa shape index (κ1) is 18.8. The molecule has 6 nitrogen and oxygen atoms in total. The molecule has 0 aromatic heterocycles. The fourth-order valence-corrected chi connectivity index (χ4v) is 3.70. The second-order valence-electron chi connectivity index (χ2n) is 6.86. The Bertz CT molecular complexity index is 686. The average Bonchev–Trinajstić information content (AvgIpc) is 3.46. The van der Waals surface area contributed by atoms with Crippen molar-refractivity contribution in [2.24, 2.45) is 11.8 Å². The Morgan fingerprint density at radius 2 is 1.69 bits per heavy atom. The molecule has 142 valence electrons. The number of likely N-dealkylation sites (tertiary alicyclic amines) is 1. The number of ether oxygens (including phenoxy) is 2. The first-order valence-corrected chi connectivity index (χ1v) is 9.44. The Morgan fingerprint density at radius 3 is 2.31 bits per heavy atom. The number of carbonyl (C=O) groups excluding carboxylic acids is 2. The zero-order valence-corrected chi connectivity index (χ0v) is 16.0. The highest BCUT2D eigenvalue weighted by molar-refractivity contribution is 6.32. The average molecular weight is 381 g/mol. The summed E-state index contributed by atoms with van der Waals surface area (Å²) in [4.78, 5) is 27.1. The van der Waals surface area contributed by atoms with Gasteiger partial charge in [-0.3, -0.25) is 9.59 Å². The predicted molar refractivity (Wildman–Crippen MR) is 99.8 cm³/mol. The maximum absolute atomic E-state index is 12.6. The maximum atomic E-state index is 12.6. The predicted octanol–water partition coefficient (Wildman–Crippen LogP) is 3.33. The molecule has 2 atom stereocenters. The number of rotatable bonds is 5. The largest absolute Gasteiger partial charge is 0.495 e. The zero-order valence-electron chi connectivity index (χ0n) is 15.2. The molecule has 1 saturated heterocycles. The lowest BCUT2D eigenvalue weighted by Gasteiger charge is -2.20. The Balaban J connectivity index is 1.64. The smallest absolute Gasteiger partial charge is 0.228 e. The van der Waals surface area contributed by atoms with Crippen LogP contribution in [0.1, 0.15) is 32.1 Å². The second kappa shape index (κ2) is 8.16. The van der Waals surface area contributed by atoms with E-state index in [0.717, 1.165) is 25.9 Å². The zero-order chi connectivity index (χ0) is 18.7. The number of hydrogen-bond donors (Lipinski definition) is 1. The van der Waals surface area contributed by atoms with E-state index in [1.165, 1.54) is 27.1 Å². The van der Waals surface area contributed by atoms with Crippen LogP contribution < -0.4 is 14.8 Å². The Labute approximate surface area is 158 Å². The number of hydrogen-bond acceptors (Lipinski definition) is 4. The van der Waals surface area contributed by atoms with Crippen molar-refractivity contribution in [3.63, 3.8) is 0 Å². The Morgan fingerprint density at radius 1 is 1.04 bits per heavy atom. The van der Waals surface area contributed by atoms with Gasteiger partial charge in [0.15, 0.2) is 0 Å². The van der Waals surface area contributed by atoms with Crippen LogP contribution in [0.2, 0.25) is 5.02 Å². The highest BCUT2D eigenvalue weighted by atomic mass is 35.5. The minimum atomic E-state index is -0.280. The quantitative estimate of drug-likeness (QED) is 0.850. The van der Waals surface area contributed by atoms with Crippen molar-refractivity contribution in [1.29, 1.82) is 0 Å². The van der Waals surface area contributed by atoms with Crippen LogP contribution in [-0.4, -0.2) is 44.0 Å². The molecule has 1 aromatic rings. The number of amides is 2. The molecule has 1 saturated carbocycles. The number of nitrogens with one attached hydrogen (secondary N) is 1. The number of methoxy groups -OCH3 is 2. The van der Waals surface area contributed by atoms with Crippen molar-refractivity contribution < 1.29 is 19.1 Å². The van der Waals surface area contributed by atoms with Gasteiger partial charge in [0, 0.05) is 25.2 Å². The van der Waals surface area contributed by atoms with E-state index in [0.29, 0.717) is 28.6 Å². The van der Waals surface area contributed by atoms with Crippen molar-refractivity contribution in [3.8, 4) is 11.5 Å². The van der Waals surface area contributed by atoms with Crippen LogP contribution in [0.15, 0.2) is 12.1 Å². The van der Waals surface area contributed by atoms with Crippen LogP contribution in [-0.2, 0) is 9.59 Å². The Kier molecular flexibility index (Phi) is 5.91. The van der Waals surface area contributed by atoms with Crippen LogP contribution in [0.5, 0.6) is 11.5 Å². The van der Waals surface area contributed by atoms with Gasteiger partial charge in [-0.05, 0) is 19.3 Å². The third-order valence-corrected chi connectivity index (χ3v) is 5.39. The van der Waals surface area contributed by atoms with Crippen molar-refractivity contribution >= 4 is 29.1 Å². The van der Waals surface area contributed by atoms with Gasteiger partial charge >= 0.3 is 0 Å². The first-order chi connectivity index (χ1) is 12.5. The fourth-order valence-electron chi connectivity index (χ4n) is 3.47. The van der Waals surface area contributed by atoms with E-state index in [9.17, 15) is 9.59 Å². The number of halogens is 1. The van der Waals surface area contributed by atoms with Gasteiger partial charge in [0.25, 0.3) is 0 Å². The van der Waals surface area contributed by atoms with E-state index in [-0.39, 0.29) is 23.7 Å². The summed E-state index contributed by atoms with van der Waals surface area (Å²) in [6.45, 7) is 1.62. The number of benzene rings is 1. The molecular weight excluding hydrogens is 356 g/mol. The molecular formula is C19H25ClN2O4. The van der Waals surface area contributed by atoms with Crippen molar-refractivity contribution in [1.82, 2.24) is 4.90 Å². The molecule has 1 N–H and O–H groups in total. The molecule has 0 spiro atoms. The van der Waals surface area contributed by atoms with E-state index in [2.05, 4.69) is 5.32 Å². The van der Waals surface area contributed by atoms with E-state index < -0.39 is 0 Å². The lowest BCUT2D eigenvalue weighted by atomic mass is 10.2. The molecule has 0 radical (unpaired) electrons. The normalized spacial score (nSPS) is 22.3. The summed E-state index contributed by atoms with van der Waals surface area (Å²) in [5, 5.41) is 3.26. The highest BCUT2D eigenvalue weighted by Crippen LogP contribution is 2.42. The van der Waals surface area contributed by atoms with Crippen LogP contribution in [0.3, 0.4) is 0 Å². The molecule has 26 heavy (non-hydrogen) atoms. The van der Waals surface area contributed by atoms with Crippen LogP contribution in [0, 0.1) is 11.8 Å². The number of anilines is 1. The van der Waals surface area contributed by atoms with Crippen molar-refractivity contribution in [2.75, 3.05) is 32.6 Å². The summed E-state index contributed by atoms with van der Waals surface area (Å²) in [5.74, 6) is 0.384. The third kappa shape index (κ3) is 4.06. The molecule has 2 aliphatic rings. The molecule has 1 aliphatic heterocycles. The van der Waals surface area contributed by atoms with Gasteiger partial charge < -0.3 is 19.7 Å². The lowest BCUT2D eigenvalue weighted by molar-refractivity contribution is -0.134. The van der Waals surface area contributed by atoms with E-state index in [1.807, 2.05) is 4.90 Å². The summed E-state index contributed by atoms with van der Waals surface area (Å²) in [5.41, 5.74) is 0.492. The first-order valence-electron chi connectivity index (χ1n) is 9.06. The molecule has 2 amide bonds. The summed E-state index contributed by atoms with van der Waals surface area (Å²) < 4.78 is 10.5. The molecule has 1 heterocycles. The van der Waals surface area contributed by atoms with Gasteiger partial charge in [-0.2, -0.15) is 0 Å². The van der Waals surface area contributed by atoms with E-state index in [1.54, 1.807) is 12.1 Å². The standard InChI is InChI=1S/C19H25ClN2O4/c1-25-16-11-15(17(26-2)10-14(16)20)21-18(23)12-9-13(12)19(24)22-7-5-3-4-6-8-22/h10-13H,3-9H2,1-2H3,(H,21,23). The maximum Gasteiger partial charge on any atom is 0.228 e. The van der Waals surface area contributed by atoms with Gasteiger partial charge in [-0.1, -0.05) is 24.4 Å². The summed E-state index contributed by atoms with van der Waals surface area (Å²) in [6.07, 6.45) is 5.06. The fraction of sp³-hybridized carbons (Fsp3) is 0.579. The number of carbonyl (C=O) groups is 2. The molecule has 2 fully saturated rings. The third-order valence-electron chi connectivity index (χ3n) is 5.09. The summed E-state index contributed by atoms with van der Waals surface area (Å²) >= 11 is 6.09. The van der Waals surface area contributed by atoms with Crippen LogP contribution >= 0.6 is 11.6 Å². The second-order valence-corrected chi connectivity index (χ2v) is 7.27. The topological polar surface area (TPSA) is 67.9 Å². The lowest BCUT2D eigenvalue weighted by Crippen LogP contribution is -2.34. The van der Waals surface area contributed by atoms with Gasteiger partial charge in [-0.25, -0.2) is 0 Å². The van der Waals surface area contributed by atoms with Crippen molar-refractivity contribution in [3.05, 3.63) is 17.2 Å². The summed E-state index contributed by atoms with van der Waals surface area (Å²) in [6, 6.07) is 3.23. The molecule has 2 unspecified atom stereocenters. The molecule has 7 heteroatoms.